The van der Waals surface area contributed by atoms with Crippen LogP contribution in [-0.4, -0.2) is 0 Å². The third-order valence-corrected chi connectivity index (χ3v) is 5.07. The van der Waals surface area contributed by atoms with Crippen molar-refractivity contribution in [3.8, 4) is 28.0 Å². The quantitative estimate of drug-likeness (QED) is 0.303. The molecular formula is C26H18F4O. The third-order valence-electron chi connectivity index (χ3n) is 5.07. The smallest absolute Gasteiger partial charge is 0.200 e. The highest BCUT2D eigenvalue weighted by Gasteiger charge is 2.16. The summed E-state index contributed by atoms with van der Waals surface area (Å²) in [4.78, 5) is 0. The molecule has 0 amide bonds. The maximum Gasteiger partial charge on any atom is 0.200 e. The molecule has 0 unspecified atom stereocenters. The Bertz CT molecular complexity index is 1220. The van der Waals surface area contributed by atoms with Crippen LogP contribution in [0.4, 0.5) is 17.6 Å². The van der Waals surface area contributed by atoms with Gasteiger partial charge in [-0.25, -0.2) is 13.2 Å². The zero-order valence-electron chi connectivity index (χ0n) is 16.6. The van der Waals surface area contributed by atoms with E-state index in [1.807, 2.05) is 0 Å². The molecule has 5 heteroatoms. The van der Waals surface area contributed by atoms with Gasteiger partial charge in [-0.15, -0.1) is 0 Å². The third kappa shape index (κ3) is 4.17. The van der Waals surface area contributed by atoms with Gasteiger partial charge in [-0.05, 0) is 35.2 Å². The van der Waals surface area contributed by atoms with Crippen LogP contribution in [0, 0.1) is 30.2 Å². The topological polar surface area (TPSA) is 9.23 Å². The maximum atomic E-state index is 14.7. The van der Waals surface area contributed by atoms with Crippen LogP contribution in [0.1, 0.15) is 11.1 Å². The summed E-state index contributed by atoms with van der Waals surface area (Å²) in [5.74, 6) is -4.00. The van der Waals surface area contributed by atoms with E-state index in [1.165, 1.54) is 25.1 Å². The Morgan fingerprint density at radius 3 is 1.77 bits per heavy atom. The van der Waals surface area contributed by atoms with Crippen LogP contribution in [0.5, 0.6) is 5.75 Å². The van der Waals surface area contributed by atoms with Gasteiger partial charge in [0, 0.05) is 11.1 Å². The van der Waals surface area contributed by atoms with Crippen LogP contribution < -0.4 is 4.74 Å². The van der Waals surface area contributed by atoms with Crippen molar-refractivity contribution in [2.24, 2.45) is 0 Å². The van der Waals surface area contributed by atoms with Crippen molar-refractivity contribution in [2.45, 2.75) is 13.5 Å². The largest absolute Gasteiger partial charge is 0.486 e. The molecule has 0 aromatic heterocycles. The average molecular weight is 422 g/mol. The number of benzene rings is 4. The molecule has 0 aliphatic rings. The van der Waals surface area contributed by atoms with Gasteiger partial charge in [0.2, 0.25) is 5.82 Å². The fourth-order valence-corrected chi connectivity index (χ4v) is 3.29. The van der Waals surface area contributed by atoms with Crippen LogP contribution in [-0.2, 0) is 6.61 Å². The molecule has 0 fully saturated rings. The van der Waals surface area contributed by atoms with Gasteiger partial charge >= 0.3 is 0 Å². The molecule has 0 heterocycles. The second-order valence-corrected chi connectivity index (χ2v) is 7.15. The average Bonchev–Trinajstić information content (AvgIpc) is 2.80. The SMILES string of the molecule is Cc1ccc(OCc2ccc(-c3ccc(-c4ccccc4)c(F)c3F)cc2)c(F)c1F. The highest BCUT2D eigenvalue weighted by Crippen LogP contribution is 2.31. The molecule has 31 heavy (non-hydrogen) atoms. The Balaban J connectivity index is 1.53. The molecule has 156 valence electrons. The first-order valence-corrected chi connectivity index (χ1v) is 9.66. The molecule has 0 N–H and O–H groups in total. The molecule has 1 nitrogen and oxygen atoms in total. The van der Waals surface area contributed by atoms with Gasteiger partial charge < -0.3 is 4.74 Å². The van der Waals surface area contributed by atoms with E-state index in [9.17, 15) is 17.6 Å². The van der Waals surface area contributed by atoms with Crippen molar-refractivity contribution in [1.29, 1.82) is 0 Å². The van der Waals surface area contributed by atoms with E-state index in [4.69, 9.17) is 4.74 Å². The number of hydrogen-bond donors (Lipinski definition) is 0. The summed E-state index contributed by atoms with van der Waals surface area (Å²) in [6.07, 6.45) is 0. The molecule has 0 saturated heterocycles. The molecule has 0 radical (unpaired) electrons. The maximum absolute atomic E-state index is 14.7. The van der Waals surface area contributed by atoms with Crippen molar-refractivity contribution in [3.63, 3.8) is 0 Å². The van der Waals surface area contributed by atoms with E-state index in [0.717, 1.165) is 0 Å². The van der Waals surface area contributed by atoms with Gasteiger partial charge in [0.1, 0.15) is 6.61 Å². The first-order chi connectivity index (χ1) is 15.0. The molecule has 0 atom stereocenters. The van der Waals surface area contributed by atoms with Gasteiger partial charge in [-0.2, -0.15) is 4.39 Å². The minimum absolute atomic E-state index is 0.00346. The molecule has 0 aliphatic carbocycles. The first-order valence-electron chi connectivity index (χ1n) is 9.66. The zero-order chi connectivity index (χ0) is 22.0. The van der Waals surface area contributed by atoms with E-state index < -0.39 is 23.3 Å². The fraction of sp³-hybridized carbons (Fsp3) is 0.0769. The van der Waals surface area contributed by atoms with E-state index in [-0.39, 0.29) is 29.0 Å². The van der Waals surface area contributed by atoms with Crippen LogP contribution in [0.15, 0.2) is 78.9 Å². The van der Waals surface area contributed by atoms with Gasteiger partial charge in [-0.1, -0.05) is 72.8 Å². The minimum Gasteiger partial charge on any atom is -0.486 e. The van der Waals surface area contributed by atoms with Gasteiger partial charge in [0.25, 0.3) is 0 Å². The van der Waals surface area contributed by atoms with Crippen molar-refractivity contribution < 1.29 is 22.3 Å². The summed E-state index contributed by atoms with van der Waals surface area (Å²) in [7, 11) is 0. The molecule has 0 bridgehead atoms. The number of halogens is 4. The fourth-order valence-electron chi connectivity index (χ4n) is 3.29. The predicted octanol–water partition coefficient (Wildman–Crippen LogP) is 7.46. The van der Waals surface area contributed by atoms with Crippen molar-refractivity contribution in [1.82, 2.24) is 0 Å². The number of ether oxygens (including phenoxy) is 1. The molecule has 4 aromatic rings. The van der Waals surface area contributed by atoms with E-state index in [2.05, 4.69) is 0 Å². The number of hydrogen-bond acceptors (Lipinski definition) is 1. The van der Waals surface area contributed by atoms with Crippen molar-refractivity contribution in [2.75, 3.05) is 0 Å². The van der Waals surface area contributed by atoms with E-state index >= 15 is 0 Å². The Labute approximate surface area is 177 Å². The lowest BCUT2D eigenvalue weighted by molar-refractivity contribution is 0.284. The van der Waals surface area contributed by atoms with Crippen LogP contribution in [0.2, 0.25) is 0 Å². The molecule has 0 aliphatic heterocycles. The van der Waals surface area contributed by atoms with Gasteiger partial charge in [-0.3, -0.25) is 0 Å². The molecule has 4 rings (SSSR count). The number of aryl methyl sites for hydroxylation is 1. The van der Waals surface area contributed by atoms with Gasteiger partial charge in [0.05, 0.1) is 0 Å². The monoisotopic (exact) mass is 422 g/mol. The molecule has 4 aromatic carbocycles. The summed E-state index contributed by atoms with van der Waals surface area (Å²) in [6, 6.07) is 21.3. The Kier molecular flexibility index (Phi) is 5.76. The zero-order valence-corrected chi connectivity index (χ0v) is 16.6. The highest BCUT2D eigenvalue weighted by molar-refractivity contribution is 5.71. The van der Waals surface area contributed by atoms with E-state index in [1.54, 1.807) is 60.7 Å². The number of rotatable bonds is 5. The van der Waals surface area contributed by atoms with E-state index in [0.29, 0.717) is 16.7 Å². The van der Waals surface area contributed by atoms with Crippen LogP contribution in [0.3, 0.4) is 0 Å². The summed E-state index contributed by atoms with van der Waals surface area (Å²) in [5.41, 5.74) is 2.29. The van der Waals surface area contributed by atoms with Crippen molar-refractivity contribution in [3.05, 3.63) is 113 Å². The predicted molar refractivity (Wildman–Crippen MR) is 113 cm³/mol. The summed E-state index contributed by atoms with van der Waals surface area (Å²) >= 11 is 0. The van der Waals surface area contributed by atoms with Crippen LogP contribution in [0.25, 0.3) is 22.3 Å². The summed E-state index contributed by atoms with van der Waals surface area (Å²) < 4.78 is 62.3. The standard InChI is InChI=1S/C26H18F4O/c1-16-7-14-22(26(30)23(16)27)31-15-17-8-10-19(11-9-17)21-13-12-20(24(28)25(21)29)18-5-3-2-4-6-18/h2-14H,15H2,1H3. The second kappa shape index (κ2) is 8.64. The van der Waals surface area contributed by atoms with Crippen LogP contribution >= 0.6 is 0 Å². The molecule has 0 spiro atoms. The Morgan fingerprint density at radius 2 is 1.16 bits per heavy atom. The molecule has 0 saturated carbocycles. The Hall–Kier alpha value is -3.60. The lowest BCUT2D eigenvalue weighted by Crippen LogP contribution is -2.00. The first kappa shape index (κ1) is 20.7. The van der Waals surface area contributed by atoms with Crippen molar-refractivity contribution >= 4 is 0 Å². The Morgan fingerprint density at radius 1 is 0.581 bits per heavy atom. The minimum atomic E-state index is -1.03. The summed E-state index contributed by atoms with van der Waals surface area (Å²) in [6.45, 7) is 1.47. The lowest BCUT2D eigenvalue weighted by atomic mass is 9.98. The summed E-state index contributed by atoms with van der Waals surface area (Å²) in [5, 5.41) is 0. The normalized spacial score (nSPS) is 10.9. The molecular weight excluding hydrogens is 404 g/mol. The lowest BCUT2D eigenvalue weighted by Gasteiger charge is -2.11. The second-order valence-electron chi connectivity index (χ2n) is 7.15. The van der Waals surface area contributed by atoms with Gasteiger partial charge in [0.15, 0.2) is 23.2 Å². The highest BCUT2D eigenvalue weighted by atomic mass is 19.2.